The lowest BCUT2D eigenvalue weighted by Gasteiger charge is -2.26. The van der Waals surface area contributed by atoms with Gasteiger partial charge in [0.15, 0.2) is 5.78 Å². The van der Waals surface area contributed by atoms with Crippen molar-refractivity contribution in [1.29, 1.82) is 0 Å². The van der Waals surface area contributed by atoms with E-state index in [2.05, 4.69) is 0 Å². The molecule has 1 fully saturated rings. The highest BCUT2D eigenvalue weighted by atomic mass is 19.1. The van der Waals surface area contributed by atoms with Crippen LogP contribution in [0.1, 0.15) is 35.2 Å². The number of carbonyl (C=O) groups is 1. The van der Waals surface area contributed by atoms with E-state index in [0.29, 0.717) is 11.3 Å². The van der Waals surface area contributed by atoms with Gasteiger partial charge in [-0.2, -0.15) is 0 Å². The molecule has 0 aliphatic heterocycles. The van der Waals surface area contributed by atoms with Gasteiger partial charge < -0.3 is 4.74 Å². The third-order valence-corrected chi connectivity index (χ3v) is 3.57. The molecule has 20 heavy (non-hydrogen) atoms. The van der Waals surface area contributed by atoms with Crippen molar-refractivity contribution in [3.8, 4) is 5.75 Å². The fraction of sp³-hybridized carbons (Fsp3) is 0.235. The largest absolute Gasteiger partial charge is 0.490 e. The van der Waals surface area contributed by atoms with Gasteiger partial charge in [0, 0.05) is 5.56 Å². The summed E-state index contributed by atoms with van der Waals surface area (Å²) < 4.78 is 19.4. The number of hydrogen-bond donors (Lipinski definition) is 0. The zero-order valence-electron chi connectivity index (χ0n) is 11.0. The predicted octanol–water partition coefficient (Wildman–Crippen LogP) is 3.99. The Morgan fingerprint density at radius 1 is 1.10 bits per heavy atom. The van der Waals surface area contributed by atoms with Gasteiger partial charge in [-0.15, -0.1) is 0 Å². The molecule has 102 valence electrons. The van der Waals surface area contributed by atoms with Crippen molar-refractivity contribution in [2.75, 3.05) is 0 Å². The molecule has 3 rings (SSSR count). The Labute approximate surface area is 117 Å². The maximum atomic E-state index is 13.6. The van der Waals surface area contributed by atoms with E-state index >= 15 is 0 Å². The van der Waals surface area contributed by atoms with Crippen molar-refractivity contribution in [3.05, 3.63) is 65.5 Å². The minimum absolute atomic E-state index is 0.0910. The lowest BCUT2D eigenvalue weighted by Crippen LogP contribution is -2.24. The van der Waals surface area contributed by atoms with Crippen LogP contribution in [0.4, 0.5) is 4.39 Å². The quantitative estimate of drug-likeness (QED) is 0.785. The number of carbonyl (C=O) groups excluding carboxylic acids is 1. The molecule has 2 nitrogen and oxygen atoms in total. The maximum absolute atomic E-state index is 13.6. The fourth-order valence-corrected chi connectivity index (χ4v) is 2.19. The minimum atomic E-state index is -0.497. The van der Waals surface area contributed by atoms with Crippen LogP contribution in [0.15, 0.2) is 48.5 Å². The highest BCUT2D eigenvalue weighted by Crippen LogP contribution is 2.26. The van der Waals surface area contributed by atoms with Gasteiger partial charge in [0.2, 0.25) is 0 Å². The molecule has 0 unspecified atom stereocenters. The molecule has 0 amide bonds. The number of ether oxygens (including phenoxy) is 1. The smallest absolute Gasteiger partial charge is 0.196 e. The van der Waals surface area contributed by atoms with Crippen molar-refractivity contribution < 1.29 is 13.9 Å². The van der Waals surface area contributed by atoms with Gasteiger partial charge in [-0.25, -0.2) is 4.39 Å². The van der Waals surface area contributed by atoms with E-state index in [4.69, 9.17) is 4.74 Å². The molecule has 2 aromatic carbocycles. The average molecular weight is 270 g/mol. The van der Waals surface area contributed by atoms with E-state index in [9.17, 15) is 9.18 Å². The molecular weight excluding hydrogens is 255 g/mol. The summed E-state index contributed by atoms with van der Waals surface area (Å²) >= 11 is 0. The van der Waals surface area contributed by atoms with E-state index in [1.54, 1.807) is 30.3 Å². The molecule has 0 N–H and O–H groups in total. The fourth-order valence-electron chi connectivity index (χ4n) is 2.19. The van der Waals surface area contributed by atoms with Crippen LogP contribution in [-0.2, 0) is 0 Å². The van der Waals surface area contributed by atoms with Crippen LogP contribution in [0.5, 0.6) is 5.75 Å². The van der Waals surface area contributed by atoms with Crippen molar-refractivity contribution >= 4 is 5.78 Å². The van der Waals surface area contributed by atoms with Crippen LogP contribution in [0, 0.1) is 5.82 Å². The van der Waals surface area contributed by atoms with Gasteiger partial charge >= 0.3 is 0 Å². The number of ketones is 1. The third kappa shape index (κ3) is 2.57. The van der Waals surface area contributed by atoms with E-state index in [0.717, 1.165) is 12.8 Å². The zero-order chi connectivity index (χ0) is 13.9. The van der Waals surface area contributed by atoms with Gasteiger partial charge in [0.1, 0.15) is 11.6 Å². The van der Waals surface area contributed by atoms with Crippen LogP contribution >= 0.6 is 0 Å². The number of rotatable bonds is 4. The summed E-state index contributed by atoms with van der Waals surface area (Å²) in [6, 6.07) is 13.0. The van der Waals surface area contributed by atoms with Crippen molar-refractivity contribution in [2.24, 2.45) is 0 Å². The first kappa shape index (κ1) is 12.9. The summed E-state index contributed by atoms with van der Waals surface area (Å²) in [4.78, 5) is 12.3. The molecule has 0 heterocycles. The molecule has 1 aliphatic rings. The van der Waals surface area contributed by atoms with Gasteiger partial charge in [-0.1, -0.05) is 24.3 Å². The zero-order valence-corrected chi connectivity index (χ0v) is 11.0. The molecule has 1 aliphatic carbocycles. The van der Waals surface area contributed by atoms with Crippen LogP contribution in [0.25, 0.3) is 0 Å². The number of benzene rings is 2. The maximum Gasteiger partial charge on any atom is 0.196 e. The molecule has 0 radical (unpaired) electrons. The molecule has 0 spiro atoms. The van der Waals surface area contributed by atoms with E-state index < -0.39 is 5.82 Å². The highest BCUT2D eigenvalue weighted by Gasteiger charge is 2.20. The van der Waals surface area contributed by atoms with Crippen LogP contribution < -0.4 is 4.74 Å². The van der Waals surface area contributed by atoms with Gasteiger partial charge in [0.25, 0.3) is 0 Å². The van der Waals surface area contributed by atoms with Gasteiger partial charge in [-0.05, 0) is 43.5 Å². The normalized spacial score (nSPS) is 14.7. The molecule has 0 bridgehead atoms. The summed E-state index contributed by atoms with van der Waals surface area (Å²) in [5.74, 6) is -0.137. The second kappa shape index (κ2) is 5.45. The number of hydrogen-bond acceptors (Lipinski definition) is 2. The molecule has 0 aromatic heterocycles. The van der Waals surface area contributed by atoms with Crippen molar-refractivity contribution in [1.82, 2.24) is 0 Å². The van der Waals surface area contributed by atoms with Gasteiger partial charge in [-0.3, -0.25) is 4.79 Å². The SMILES string of the molecule is O=C(c1cccc(OC2CCC2)c1)c1ccccc1F. The second-order valence-corrected chi connectivity index (χ2v) is 5.01. The third-order valence-electron chi connectivity index (χ3n) is 3.57. The topological polar surface area (TPSA) is 26.3 Å². The summed E-state index contributed by atoms with van der Waals surface area (Å²) in [5, 5.41) is 0. The average Bonchev–Trinajstić information content (AvgIpc) is 2.43. The van der Waals surface area contributed by atoms with Gasteiger partial charge in [0.05, 0.1) is 11.7 Å². The monoisotopic (exact) mass is 270 g/mol. The lowest BCUT2D eigenvalue weighted by molar-refractivity contribution is 0.103. The summed E-state index contributed by atoms with van der Waals surface area (Å²) in [7, 11) is 0. The molecule has 0 saturated heterocycles. The van der Waals surface area contributed by atoms with Crippen molar-refractivity contribution in [3.63, 3.8) is 0 Å². The van der Waals surface area contributed by atoms with E-state index in [1.165, 1.54) is 18.6 Å². The first-order valence-corrected chi connectivity index (χ1v) is 6.80. The Bertz CT molecular complexity index is 632. The molecular formula is C17H15FO2. The van der Waals surface area contributed by atoms with E-state index in [-0.39, 0.29) is 17.5 Å². The van der Waals surface area contributed by atoms with Crippen LogP contribution in [0.3, 0.4) is 0 Å². The minimum Gasteiger partial charge on any atom is -0.490 e. The Hall–Kier alpha value is -2.16. The highest BCUT2D eigenvalue weighted by molar-refractivity contribution is 6.09. The Morgan fingerprint density at radius 2 is 1.90 bits per heavy atom. The lowest BCUT2D eigenvalue weighted by atomic mass is 9.96. The summed E-state index contributed by atoms with van der Waals surface area (Å²) in [6.07, 6.45) is 3.57. The molecule has 0 atom stereocenters. The summed E-state index contributed by atoms with van der Waals surface area (Å²) in [5.41, 5.74) is 0.542. The Kier molecular flexibility index (Phi) is 3.50. The molecule has 1 saturated carbocycles. The number of halogens is 1. The summed E-state index contributed by atoms with van der Waals surface area (Å²) in [6.45, 7) is 0. The Balaban J connectivity index is 1.84. The predicted molar refractivity (Wildman–Crippen MR) is 74.5 cm³/mol. The van der Waals surface area contributed by atoms with Crippen molar-refractivity contribution in [2.45, 2.75) is 25.4 Å². The molecule has 2 aromatic rings. The van der Waals surface area contributed by atoms with Crippen LogP contribution in [0.2, 0.25) is 0 Å². The standard InChI is InChI=1S/C17H15FO2/c18-16-10-2-1-9-15(16)17(19)12-5-3-8-14(11-12)20-13-6-4-7-13/h1-3,5,8-11,13H,4,6-7H2. The molecule has 3 heteroatoms. The van der Waals surface area contributed by atoms with Crippen LogP contribution in [-0.4, -0.2) is 11.9 Å². The second-order valence-electron chi connectivity index (χ2n) is 5.01. The van der Waals surface area contributed by atoms with E-state index in [1.807, 2.05) is 6.07 Å². The first-order chi connectivity index (χ1) is 9.74. The first-order valence-electron chi connectivity index (χ1n) is 6.80. The Morgan fingerprint density at radius 3 is 2.60 bits per heavy atom.